The summed E-state index contributed by atoms with van der Waals surface area (Å²) in [5, 5.41) is 15.6. The summed E-state index contributed by atoms with van der Waals surface area (Å²) in [7, 11) is 0. The molecule has 96 valence electrons. The van der Waals surface area contributed by atoms with E-state index in [-0.39, 0.29) is 0 Å². The fourth-order valence-electron chi connectivity index (χ4n) is 2.12. The zero-order valence-corrected chi connectivity index (χ0v) is 10.5. The Morgan fingerprint density at radius 2 is 1.89 bits per heavy atom. The van der Waals surface area contributed by atoms with Crippen molar-refractivity contribution in [3.63, 3.8) is 0 Å². The maximum absolute atomic E-state index is 9.95. The number of phenols is 1. The van der Waals surface area contributed by atoms with Crippen molar-refractivity contribution in [2.45, 2.75) is 19.4 Å². The van der Waals surface area contributed by atoms with Crippen LogP contribution in [0.4, 0.5) is 0 Å². The zero-order valence-electron chi connectivity index (χ0n) is 10.5. The van der Waals surface area contributed by atoms with E-state index >= 15 is 0 Å². The standard InChI is InChI=1S/C15H20N2O/c16-9-3-4-10-17-11-14-13-6-2-1-5-12(13)7-8-15(14)18/h1-2,5-8,17-18H,3-4,9-11,16H2. The number of unbranched alkanes of at least 4 members (excludes halogenated alkanes) is 1. The van der Waals surface area contributed by atoms with E-state index in [0.717, 1.165) is 42.3 Å². The highest BCUT2D eigenvalue weighted by molar-refractivity contribution is 5.87. The largest absolute Gasteiger partial charge is 0.508 e. The number of rotatable bonds is 6. The van der Waals surface area contributed by atoms with Gasteiger partial charge in [-0.25, -0.2) is 0 Å². The number of aromatic hydroxyl groups is 1. The molecule has 0 aliphatic rings. The molecule has 0 saturated carbocycles. The van der Waals surface area contributed by atoms with E-state index in [9.17, 15) is 5.11 Å². The van der Waals surface area contributed by atoms with Crippen molar-refractivity contribution in [3.8, 4) is 5.75 Å². The van der Waals surface area contributed by atoms with Crippen LogP contribution >= 0.6 is 0 Å². The number of benzene rings is 2. The van der Waals surface area contributed by atoms with Crippen LogP contribution in [0.2, 0.25) is 0 Å². The molecule has 0 aliphatic heterocycles. The monoisotopic (exact) mass is 244 g/mol. The van der Waals surface area contributed by atoms with Crippen molar-refractivity contribution in [1.82, 2.24) is 5.32 Å². The van der Waals surface area contributed by atoms with Gasteiger partial charge in [-0.2, -0.15) is 0 Å². The Hall–Kier alpha value is -1.58. The molecule has 0 atom stereocenters. The van der Waals surface area contributed by atoms with Crippen LogP contribution in [-0.4, -0.2) is 18.2 Å². The smallest absolute Gasteiger partial charge is 0.120 e. The quantitative estimate of drug-likeness (QED) is 0.684. The summed E-state index contributed by atoms with van der Waals surface area (Å²) in [5.41, 5.74) is 6.43. The predicted octanol–water partition coefficient (Wildman–Crippen LogP) is 2.37. The highest BCUT2D eigenvalue weighted by Gasteiger charge is 2.05. The topological polar surface area (TPSA) is 58.3 Å². The molecule has 4 N–H and O–H groups in total. The van der Waals surface area contributed by atoms with E-state index in [0.29, 0.717) is 12.3 Å². The minimum atomic E-state index is 0.361. The van der Waals surface area contributed by atoms with Crippen LogP contribution in [0.25, 0.3) is 10.8 Å². The number of fused-ring (bicyclic) bond motifs is 1. The van der Waals surface area contributed by atoms with Crippen LogP contribution in [0, 0.1) is 0 Å². The van der Waals surface area contributed by atoms with Gasteiger partial charge in [0.05, 0.1) is 0 Å². The molecule has 0 aromatic heterocycles. The summed E-state index contributed by atoms with van der Waals surface area (Å²) >= 11 is 0. The van der Waals surface area contributed by atoms with Crippen LogP contribution in [0.3, 0.4) is 0 Å². The Kier molecular flexibility index (Phi) is 4.56. The van der Waals surface area contributed by atoms with Gasteiger partial charge < -0.3 is 16.2 Å². The van der Waals surface area contributed by atoms with Crippen molar-refractivity contribution >= 4 is 10.8 Å². The molecule has 0 radical (unpaired) electrons. The summed E-state index contributed by atoms with van der Waals surface area (Å²) in [6, 6.07) is 11.8. The fourth-order valence-corrected chi connectivity index (χ4v) is 2.12. The molecular weight excluding hydrogens is 224 g/mol. The molecular formula is C15H20N2O. The summed E-state index contributed by atoms with van der Waals surface area (Å²) < 4.78 is 0. The molecule has 0 fully saturated rings. The molecule has 0 saturated heterocycles. The molecule has 18 heavy (non-hydrogen) atoms. The van der Waals surface area contributed by atoms with Gasteiger partial charge in [-0.1, -0.05) is 30.3 Å². The Bertz CT molecular complexity index is 511. The number of nitrogens with two attached hydrogens (primary N) is 1. The van der Waals surface area contributed by atoms with Crippen LogP contribution < -0.4 is 11.1 Å². The normalized spacial score (nSPS) is 10.9. The van der Waals surface area contributed by atoms with Gasteiger partial charge in [-0.15, -0.1) is 0 Å². The van der Waals surface area contributed by atoms with Crippen LogP contribution in [-0.2, 0) is 6.54 Å². The first kappa shape index (κ1) is 12.9. The summed E-state index contributed by atoms with van der Waals surface area (Å²) in [6.45, 7) is 2.36. The van der Waals surface area contributed by atoms with Gasteiger partial charge in [0.2, 0.25) is 0 Å². The molecule has 3 nitrogen and oxygen atoms in total. The van der Waals surface area contributed by atoms with Crippen molar-refractivity contribution in [3.05, 3.63) is 42.0 Å². The fraction of sp³-hybridized carbons (Fsp3) is 0.333. The van der Waals surface area contributed by atoms with Crippen molar-refractivity contribution in [2.75, 3.05) is 13.1 Å². The molecule has 0 aliphatic carbocycles. The molecule has 2 rings (SSSR count). The second-order valence-corrected chi connectivity index (χ2v) is 4.46. The lowest BCUT2D eigenvalue weighted by Crippen LogP contribution is -2.16. The molecule has 0 amide bonds. The van der Waals surface area contributed by atoms with Gasteiger partial charge in [0.15, 0.2) is 0 Å². The van der Waals surface area contributed by atoms with Gasteiger partial charge in [0.25, 0.3) is 0 Å². The molecule has 0 spiro atoms. The molecule has 0 heterocycles. The first-order chi connectivity index (χ1) is 8.83. The highest BCUT2D eigenvalue weighted by Crippen LogP contribution is 2.26. The van der Waals surface area contributed by atoms with E-state index < -0.39 is 0 Å². The minimum absolute atomic E-state index is 0.361. The Balaban J connectivity index is 2.09. The van der Waals surface area contributed by atoms with E-state index in [1.165, 1.54) is 0 Å². The lowest BCUT2D eigenvalue weighted by molar-refractivity contribution is 0.465. The molecule has 3 heteroatoms. The minimum Gasteiger partial charge on any atom is -0.508 e. The van der Waals surface area contributed by atoms with Crippen molar-refractivity contribution < 1.29 is 5.11 Å². The zero-order chi connectivity index (χ0) is 12.8. The van der Waals surface area contributed by atoms with E-state index in [1.807, 2.05) is 24.3 Å². The first-order valence-electron chi connectivity index (χ1n) is 6.43. The Labute approximate surface area is 108 Å². The number of hydrogen-bond donors (Lipinski definition) is 3. The van der Waals surface area contributed by atoms with Gasteiger partial charge >= 0.3 is 0 Å². The average Bonchev–Trinajstić information content (AvgIpc) is 2.41. The third-order valence-electron chi connectivity index (χ3n) is 3.13. The van der Waals surface area contributed by atoms with E-state index in [4.69, 9.17) is 5.73 Å². The van der Waals surface area contributed by atoms with Gasteiger partial charge in [0.1, 0.15) is 5.75 Å². The Morgan fingerprint density at radius 3 is 2.72 bits per heavy atom. The maximum atomic E-state index is 9.95. The van der Waals surface area contributed by atoms with Gasteiger partial charge in [-0.05, 0) is 42.8 Å². The lowest BCUT2D eigenvalue weighted by atomic mass is 10.0. The lowest BCUT2D eigenvalue weighted by Gasteiger charge is -2.10. The second-order valence-electron chi connectivity index (χ2n) is 4.46. The second kappa shape index (κ2) is 6.38. The first-order valence-corrected chi connectivity index (χ1v) is 6.43. The van der Waals surface area contributed by atoms with Crippen molar-refractivity contribution in [2.24, 2.45) is 5.73 Å². The maximum Gasteiger partial charge on any atom is 0.120 e. The number of nitrogens with one attached hydrogen (secondary N) is 1. The molecule has 2 aromatic rings. The summed E-state index contributed by atoms with van der Waals surface area (Å²) in [6.07, 6.45) is 2.11. The van der Waals surface area contributed by atoms with Crippen LogP contribution in [0.5, 0.6) is 5.75 Å². The van der Waals surface area contributed by atoms with E-state index in [2.05, 4.69) is 11.4 Å². The average molecular weight is 244 g/mol. The highest BCUT2D eigenvalue weighted by atomic mass is 16.3. The third-order valence-corrected chi connectivity index (χ3v) is 3.13. The summed E-state index contributed by atoms with van der Waals surface area (Å²) in [4.78, 5) is 0. The number of hydrogen-bond acceptors (Lipinski definition) is 3. The molecule has 0 unspecified atom stereocenters. The molecule has 2 aromatic carbocycles. The van der Waals surface area contributed by atoms with Crippen LogP contribution in [0.1, 0.15) is 18.4 Å². The van der Waals surface area contributed by atoms with Crippen LogP contribution in [0.15, 0.2) is 36.4 Å². The predicted molar refractivity (Wildman–Crippen MR) is 75.6 cm³/mol. The van der Waals surface area contributed by atoms with Gasteiger partial charge in [-0.3, -0.25) is 0 Å². The Morgan fingerprint density at radius 1 is 1.06 bits per heavy atom. The van der Waals surface area contributed by atoms with Gasteiger partial charge in [0, 0.05) is 12.1 Å². The van der Waals surface area contributed by atoms with Crippen molar-refractivity contribution in [1.29, 1.82) is 0 Å². The SMILES string of the molecule is NCCCCNCc1c(O)ccc2ccccc12. The number of phenolic OH excluding ortho intramolecular Hbond substituents is 1. The third kappa shape index (κ3) is 3.00. The molecule has 0 bridgehead atoms. The van der Waals surface area contributed by atoms with E-state index in [1.54, 1.807) is 6.07 Å². The summed E-state index contributed by atoms with van der Waals surface area (Å²) in [5.74, 6) is 0.361.